The number of hydrogen-bond donors (Lipinski definition) is 2. The second kappa shape index (κ2) is 19.7. The Labute approximate surface area is 398 Å². The predicted molar refractivity (Wildman–Crippen MR) is 264 cm³/mol. The first-order valence-electron chi connectivity index (χ1n) is 22.6. The quantitative estimate of drug-likeness (QED) is 0.172. The van der Waals surface area contributed by atoms with Crippen LogP contribution in [0.5, 0.6) is 11.6 Å². The molecule has 2 aliphatic heterocycles. The van der Waals surface area contributed by atoms with E-state index in [1.807, 2.05) is 84.4 Å². The SMILES string of the molecule is CC.CCc1c2c(nn1C)C(=O)N(C)CCOc1c(cnn1C)-c1ccc3n[nH]c(c3c1)/C=C/2.CCc1c2c(nn1C)C(=O)N(C)CCOc1ccc(F)cc1-c1cc(Cl)c3n[nH]c(c3c1)/C=C/2. The van der Waals surface area contributed by atoms with E-state index in [1.165, 1.54) is 12.1 Å². The van der Waals surface area contributed by atoms with Gasteiger partial charge in [0, 0.05) is 74.1 Å². The van der Waals surface area contributed by atoms with Gasteiger partial charge in [-0.1, -0.05) is 45.4 Å². The number of aryl methyl sites for hydroxylation is 3. The van der Waals surface area contributed by atoms with Crippen molar-refractivity contribution in [3.8, 4) is 33.9 Å². The number of H-pyrrole nitrogens is 2. The topological polar surface area (TPSA) is 170 Å². The van der Waals surface area contributed by atoms with Crippen molar-refractivity contribution in [3.63, 3.8) is 0 Å². The maximum absolute atomic E-state index is 14.2. The number of amides is 2. The van der Waals surface area contributed by atoms with Crippen LogP contribution in [0, 0.1) is 5.82 Å². The lowest BCUT2D eigenvalue weighted by atomic mass is 10.0. The van der Waals surface area contributed by atoms with Crippen molar-refractivity contribution in [3.05, 3.63) is 111 Å². The molecule has 16 nitrogen and oxygen atoms in total. The standard InChI is InChI=1S/C25H23ClFN5O2.C23H25N7O2.C2H6/c1-4-21-16-6-7-20-18-11-14(12-19(26)23(18)29-28-20)17-13-15(27)5-8-22(17)34-10-9-31(2)25(33)24(16)30-32(21)3;1-5-20-15-7-9-19-16-12-14(6-8-18(16)25-26-19)17-13-24-30(4)23(17)32-11-10-28(2)22(31)21(15)27-29(20)3;1-2/h5-8,11-13H,4,9-10H2,1-3H3,(H,28,29);6-9,12-13H,5,10-11H2,1-4H3,(H,25,26);1-2H3/b7-6+;9-7+;. The van der Waals surface area contributed by atoms with Gasteiger partial charge in [-0.05, 0) is 90.7 Å². The van der Waals surface area contributed by atoms with Crippen LogP contribution in [0.25, 0.3) is 68.4 Å². The number of fused-ring (bicyclic) bond motifs is 8. The van der Waals surface area contributed by atoms with E-state index in [9.17, 15) is 14.0 Å². The number of carbonyl (C=O) groups excluding carboxylic acids is 2. The Hall–Kier alpha value is -7.53. The molecule has 5 aromatic heterocycles. The molecular formula is C50H54ClFN12O4. The van der Waals surface area contributed by atoms with Gasteiger partial charge in [0.1, 0.15) is 30.3 Å². The van der Waals surface area contributed by atoms with Gasteiger partial charge in [-0.15, -0.1) is 0 Å². The molecule has 7 heterocycles. The van der Waals surface area contributed by atoms with Crippen LogP contribution in [0.3, 0.4) is 0 Å². The van der Waals surface area contributed by atoms with E-state index < -0.39 is 0 Å². The van der Waals surface area contributed by atoms with Gasteiger partial charge in [0.2, 0.25) is 5.88 Å². The summed E-state index contributed by atoms with van der Waals surface area (Å²) in [5.74, 6) is 0.433. The summed E-state index contributed by atoms with van der Waals surface area (Å²) >= 11 is 6.56. The summed E-state index contributed by atoms with van der Waals surface area (Å²) in [6.07, 6.45) is 10.9. The number of hydrogen-bond acceptors (Lipinski definition) is 9. The Bertz CT molecular complexity index is 3250. The van der Waals surface area contributed by atoms with Gasteiger partial charge in [-0.3, -0.25) is 29.2 Å². The third-order valence-corrected chi connectivity index (χ3v) is 12.3. The molecule has 2 N–H and O–H groups in total. The number of nitrogens with zero attached hydrogens (tertiary/aromatic N) is 10. The van der Waals surface area contributed by atoms with Crippen LogP contribution in [0.15, 0.2) is 54.7 Å². The van der Waals surface area contributed by atoms with Crippen LogP contribution in [0.4, 0.5) is 4.39 Å². The van der Waals surface area contributed by atoms with Gasteiger partial charge in [0.25, 0.3) is 11.8 Å². The molecule has 68 heavy (non-hydrogen) atoms. The Morgan fingerprint density at radius 2 is 1.26 bits per heavy atom. The minimum absolute atomic E-state index is 0.140. The van der Waals surface area contributed by atoms with Gasteiger partial charge in [0.15, 0.2) is 11.4 Å². The lowest BCUT2D eigenvalue weighted by Gasteiger charge is -2.18. The summed E-state index contributed by atoms with van der Waals surface area (Å²) < 4.78 is 31.5. The maximum atomic E-state index is 14.2. The first kappa shape index (κ1) is 47.0. The number of benzene rings is 3. The minimum atomic E-state index is -0.384. The maximum Gasteiger partial charge on any atom is 0.274 e. The Balaban J connectivity index is 0.000000178. The van der Waals surface area contributed by atoms with Crippen LogP contribution in [0.1, 0.15) is 82.6 Å². The fraction of sp³-hybridized carbons (Fsp3) is 0.300. The molecule has 2 amide bonds. The first-order valence-corrected chi connectivity index (χ1v) is 22.9. The molecule has 0 unspecified atom stereocenters. The van der Waals surface area contributed by atoms with E-state index in [4.69, 9.17) is 21.1 Å². The van der Waals surface area contributed by atoms with Gasteiger partial charge in [-0.25, -0.2) is 9.07 Å². The largest absolute Gasteiger partial charge is 0.491 e. The van der Waals surface area contributed by atoms with Crippen molar-refractivity contribution in [2.45, 2.75) is 40.5 Å². The fourth-order valence-electron chi connectivity index (χ4n) is 8.48. The molecule has 0 atom stereocenters. The number of aromatic amines is 2. The molecule has 8 aromatic rings. The number of aromatic nitrogens is 10. The monoisotopic (exact) mass is 940 g/mol. The van der Waals surface area contributed by atoms with Crippen molar-refractivity contribution in [2.24, 2.45) is 21.1 Å². The van der Waals surface area contributed by atoms with Crippen molar-refractivity contribution < 1.29 is 23.5 Å². The normalized spacial score (nSPS) is 14.8. The number of carbonyl (C=O) groups is 2. The van der Waals surface area contributed by atoms with Crippen LogP contribution >= 0.6 is 11.6 Å². The van der Waals surface area contributed by atoms with Crippen molar-refractivity contribution in [1.82, 2.24) is 59.5 Å². The van der Waals surface area contributed by atoms with E-state index in [-0.39, 0.29) is 24.2 Å². The minimum Gasteiger partial charge on any atom is -0.491 e. The molecule has 0 spiro atoms. The Morgan fingerprint density at radius 1 is 0.676 bits per heavy atom. The number of ether oxygens (including phenoxy) is 2. The average Bonchev–Trinajstić information content (AvgIpc) is 4.17. The molecule has 0 fully saturated rings. The molecule has 2 aliphatic rings. The van der Waals surface area contributed by atoms with Crippen LogP contribution < -0.4 is 9.47 Å². The molecular weight excluding hydrogens is 887 g/mol. The molecule has 10 rings (SSSR count). The van der Waals surface area contributed by atoms with Gasteiger partial charge >= 0.3 is 0 Å². The Morgan fingerprint density at radius 3 is 1.90 bits per heavy atom. The van der Waals surface area contributed by atoms with Crippen LogP contribution in [-0.2, 0) is 34.0 Å². The molecule has 3 aromatic carbocycles. The smallest absolute Gasteiger partial charge is 0.274 e. The highest BCUT2D eigenvalue weighted by molar-refractivity contribution is 6.35. The summed E-state index contributed by atoms with van der Waals surface area (Å²) in [5, 5.41) is 30.5. The second-order valence-corrected chi connectivity index (χ2v) is 16.6. The molecule has 0 saturated heterocycles. The molecule has 4 bridgehead atoms. The molecule has 352 valence electrons. The highest BCUT2D eigenvalue weighted by Gasteiger charge is 2.25. The summed E-state index contributed by atoms with van der Waals surface area (Å²) in [7, 11) is 9.03. The van der Waals surface area contributed by atoms with Crippen molar-refractivity contribution in [1.29, 1.82) is 0 Å². The predicted octanol–water partition coefficient (Wildman–Crippen LogP) is 8.87. The van der Waals surface area contributed by atoms with E-state index in [1.54, 1.807) is 56.3 Å². The average molecular weight is 942 g/mol. The lowest BCUT2D eigenvalue weighted by molar-refractivity contribution is 0.0759. The number of halogens is 2. The number of likely N-dealkylation sites (N-methyl/N-ethyl adjacent to an activating group) is 2. The molecule has 0 saturated carbocycles. The third kappa shape index (κ3) is 8.88. The van der Waals surface area contributed by atoms with E-state index >= 15 is 0 Å². The summed E-state index contributed by atoms with van der Waals surface area (Å²) in [6, 6.07) is 14.1. The fourth-order valence-corrected chi connectivity index (χ4v) is 8.74. The number of nitrogens with one attached hydrogen (secondary N) is 2. The first-order chi connectivity index (χ1) is 32.8. The highest BCUT2D eigenvalue weighted by atomic mass is 35.5. The van der Waals surface area contributed by atoms with Gasteiger partial charge in [0.05, 0.1) is 46.8 Å². The molecule has 0 radical (unpaired) electrons. The zero-order chi connectivity index (χ0) is 48.4. The second-order valence-electron chi connectivity index (χ2n) is 16.2. The van der Waals surface area contributed by atoms with Gasteiger partial charge < -0.3 is 19.3 Å². The van der Waals surface area contributed by atoms with Crippen LogP contribution in [-0.4, -0.2) is 112 Å². The number of rotatable bonds is 2. The van der Waals surface area contributed by atoms with Crippen LogP contribution in [0.2, 0.25) is 5.02 Å². The summed E-state index contributed by atoms with van der Waals surface area (Å²) in [5.41, 5.74) is 10.5. The molecule has 0 aliphatic carbocycles. The summed E-state index contributed by atoms with van der Waals surface area (Å²) in [4.78, 5) is 29.7. The Kier molecular flexibility index (Phi) is 13.6. The van der Waals surface area contributed by atoms with E-state index in [0.29, 0.717) is 76.5 Å². The highest BCUT2D eigenvalue weighted by Crippen LogP contribution is 2.38. The van der Waals surface area contributed by atoms with Gasteiger partial charge in [-0.2, -0.15) is 25.5 Å². The van der Waals surface area contributed by atoms with Crippen molar-refractivity contribution in [2.75, 3.05) is 40.4 Å². The molecule has 18 heteroatoms. The van der Waals surface area contributed by atoms with E-state index in [0.717, 1.165) is 62.0 Å². The zero-order valence-corrected chi connectivity index (χ0v) is 40.4. The third-order valence-electron chi connectivity index (χ3n) is 12.0. The lowest BCUT2D eigenvalue weighted by Crippen LogP contribution is -2.31. The summed E-state index contributed by atoms with van der Waals surface area (Å²) in [6.45, 7) is 9.41. The zero-order valence-electron chi connectivity index (χ0n) is 39.6. The van der Waals surface area contributed by atoms with E-state index in [2.05, 4.69) is 48.7 Å². The van der Waals surface area contributed by atoms with Crippen molar-refractivity contribution >= 4 is 69.5 Å².